The minimum Gasteiger partial charge on any atom is -0.409 e. The first-order valence-electron chi connectivity index (χ1n) is 5.71. The molecule has 0 saturated heterocycles. The molecule has 4 nitrogen and oxygen atoms in total. The van der Waals surface area contributed by atoms with Crippen LogP contribution in [0.3, 0.4) is 0 Å². The van der Waals surface area contributed by atoms with Crippen molar-refractivity contribution < 1.29 is 18.1 Å². The van der Waals surface area contributed by atoms with Crippen molar-refractivity contribution >= 4 is 65.8 Å². The van der Waals surface area contributed by atoms with Crippen LogP contribution in [0.1, 0.15) is 33.6 Å². The molecular formula is C10H16Cl5O4P. The number of alkyl halides is 3. The van der Waals surface area contributed by atoms with Crippen molar-refractivity contribution in [2.75, 3.05) is 6.61 Å². The lowest BCUT2D eigenvalue weighted by molar-refractivity contribution is 0.0322. The van der Waals surface area contributed by atoms with Gasteiger partial charge in [-0.2, -0.15) is 0 Å². The third-order valence-electron chi connectivity index (χ3n) is 2.31. The second kappa shape index (κ2) is 8.69. The third kappa shape index (κ3) is 6.93. The number of rotatable bonds is 8. The summed E-state index contributed by atoms with van der Waals surface area (Å²) in [6.45, 7) is 5.14. The molecule has 0 N–H and O–H groups in total. The molecule has 0 fully saturated rings. The van der Waals surface area contributed by atoms with E-state index in [0.717, 1.165) is 6.26 Å². The van der Waals surface area contributed by atoms with Gasteiger partial charge in [-0.15, -0.1) is 0 Å². The monoisotopic (exact) mass is 406 g/mol. The van der Waals surface area contributed by atoms with E-state index in [2.05, 4.69) is 0 Å². The fourth-order valence-corrected chi connectivity index (χ4v) is 3.40. The van der Waals surface area contributed by atoms with Gasteiger partial charge in [0.2, 0.25) is 3.79 Å². The van der Waals surface area contributed by atoms with Gasteiger partial charge in [0.25, 0.3) is 0 Å². The maximum Gasteiger partial charge on any atom is 0.530 e. The van der Waals surface area contributed by atoms with Gasteiger partial charge in [-0.25, -0.2) is 4.57 Å². The highest BCUT2D eigenvalue weighted by atomic mass is 35.6. The van der Waals surface area contributed by atoms with Gasteiger partial charge >= 0.3 is 7.82 Å². The lowest BCUT2D eigenvalue weighted by Gasteiger charge is -2.36. The van der Waals surface area contributed by atoms with E-state index in [1.165, 1.54) is 6.92 Å². The summed E-state index contributed by atoms with van der Waals surface area (Å²) in [5, 5.41) is 0. The summed E-state index contributed by atoms with van der Waals surface area (Å²) in [6.07, 6.45) is 1.68. The molecule has 0 heterocycles. The summed E-state index contributed by atoms with van der Waals surface area (Å²) in [6, 6.07) is 0. The van der Waals surface area contributed by atoms with Crippen molar-refractivity contribution in [3.05, 3.63) is 10.8 Å². The summed E-state index contributed by atoms with van der Waals surface area (Å²) in [4.78, 5) is 0. The average molecular weight is 408 g/mol. The van der Waals surface area contributed by atoms with Crippen LogP contribution in [0.5, 0.6) is 0 Å². The number of phosphoric ester groups is 1. The molecule has 2 atom stereocenters. The third-order valence-corrected chi connectivity index (χ3v) is 5.18. The highest BCUT2D eigenvalue weighted by molar-refractivity contribution is 7.48. The van der Waals surface area contributed by atoms with E-state index in [9.17, 15) is 4.57 Å². The Morgan fingerprint density at radius 1 is 1.25 bits per heavy atom. The molecule has 0 amide bonds. The zero-order chi connectivity index (χ0) is 16.0. The molecular weight excluding hydrogens is 392 g/mol. The zero-order valence-electron chi connectivity index (χ0n) is 11.2. The van der Waals surface area contributed by atoms with Gasteiger partial charge in [0.05, 0.1) is 6.61 Å². The molecule has 0 bridgehead atoms. The molecule has 20 heavy (non-hydrogen) atoms. The predicted octanol–water partition coefficient (Wildman–Crippen LogP) is 6.37. The van der Waals surface area contributed by atoms with Crippen molar-refractivity contribution in [1.82, 2.24) is 0 Å². The standard InChI is InChI=1S/C10H16Cl5O4P/c1-4-6-17-20(16,18-7-8(11)12)19-9(3,5-2)10(13,14)15/h7H,4-6H2,1-3H3. The van der Waals surface area contributed by atoms with Crippen molar-refractivity contribution in [1.29, 1.82) is 0 Å². The molecule has 0 aromatic heterocycles. The fourth-order valence-electron chi connectivity index (χ4n) is 0.949. The normalized spacial score (nSPS) is 18.0. The maximum absolute atomic E-state index is 12.5. The lowest BCUT2D eigenvalue weighted by atomic mass is 10.1. The summed E-state index contributed by atoms with van der Waals surface area (Å²) in [5.74, 6) is 0. The number of phosphoric acid groups is 1. The van der Waals surface area contributed by atoms with Gasteiger partial charge in [0.1, 0.15) is 16.4 Å². The van der Waals surface area contributed by atoms with Crippen molar-refractivity contribution in [2.45, 2.75) is 43.0 Å². The highest BCUT2D eigenvalue weighted by Gasteiger charge is 2.50. The number of halogens is 5. The van der Waals surface area contributed by atoms with Gasteiger partial charge in [-0.1, -0.05) is 71.9 Å². The molecule has 0 radical (unpaired) electrons. The minimum atomic E-state index is -4.02. The van der Waals surface area contributed by atoms with Crippen molar-refractivity contribution in [3.63, 3.8) is 0 Å². The first-order chi connectivity index (χ1) is 8.99. The van der Waals surface area contributed by atoms with E-state index in [-0.39, 0.29) is 17.5 Å². The van der Waals surface area contributed by atoms with Crippen LogP contribution in [0, 0.1) is 0 Å². The topological polar surface area (TPSA) is 44.8 Å². The summed E-state index contributed by atoms with van der Waals surface area (Å²) in [7, 11) is -4.02. The Hall–Kier alpha value is 1.14. The SMILES string of the molecule is CCCOP(=O)(OC=C(Cl)Cl)OC(C)(CC)C(Cl)(Cl)Cl. The van der Waals surface area contributed by atoms with E-state index in [4.69, 9.17) is 71.6 Å². The molecule has 0 aromatic carbocycles. The van der Waals surface area contributed by atoms with E-state index < -0.39 is 17.2 Å². The second-order valence-electron chi connectivity index (χ2n) is 3.97. The molecule has 0 aromatic rings. The Balaban J connectivity index is 5.23. The average Bonchev–Trinajstić information content (AvgIpc) is 2.32. The van der Waals surface area contributed by atoms with Crippen LogP contribution >= 0.6 is 65.8 Å². The molecule has 0 aliphatic carbocycles. The number of hydrogen-bond acceptors (Lipinski definition) is 4. The van der Waals surface area contributed by atoms with E-state index in [1.54, 1.807) is 6.92 Å². The lowest BCUT2D eigenvalue weighted by Crippen LogP contribution is -2.41. The molecule has 2 unspecified atom stereocenters. The molecule has 0 rings (SSSR count). The Morgan fingerprint density at radius 2 is 1.80 bits per heavy atom. The van der Waals surface area contributed by atoms with Crippen molar-refractivity contribution in [2.24, 2.45) is 0 Å². The summed E-state index contributed by atoms with van der Waals surface area (Å²) in [5.41, 5.74) is -1.38. The van der Waals surface area contributed by atoms with Gasteiger partial charge in [-0.05, 0) is 19.8 Å². The first-order valence-corrected chi connectivity index (χ1v) is 9.06. The van der Waals surface area contributed by atoms with Gasteiger partial charge in [0, 0.05) is 0 Å². The van der Waals surface area contributed by atoms with Crippen LogP contribution in [-0.4, -0.2) is 16.0 Å². The van der Waals surface area contributed by atoms with E-state index in [1.807, 2.05) is 6.92 Å². The summed E-state index contributed by atoms with van der Waals surface area (Å²) >= 11 is 28.4. The highest BCUT2D eigenvalue weighted by Crippen LogP contribution is 2.58. The molecule has 0 aliphatic heterocycles. The zero-order valence-corrected chi connectivity index (χ0v) is 15.8. The first kappa shape index (κ1) is 21.1. The summed E-state index contributed by atoms with van der Waals surface area (Å²) < 4.78 is 25.8. The van der Waals surface area contributed by atoms with Gasteiger partial charge in [0.15, 0.2) is 0 Å². The number of hydrogen-bond donors (Lipinski definition) is 0. The maximum atomic E-state index is 12.5. The van der Waals surface area contributed by atoms with Crippen LogP contribution in [0.25, 0.3) is 0 Å². The Labute approximate surface area is 144 Å². The molecule has 10 heteroatoms. The van der Waals surface area contributed by atoms with Crippen LogP contribution < -0.4 is 0 Å². The van der Waals surface area contributed by atoms with Crippen LogP contribution in [0.2, 0.25) is 0 Å². The Kier molecular flexibility index (Phi) is 9.18. The van der Waals surface area contributed by atoms with E-state index >= 15 is 0 Å². The van der Waals surface area contributed by atoms with Crippen LogP contribution in [-0.2, 0) is 18.1 Å². The molecule has 120 valence electrons. The molecule has 0 spiro atoms. The van der Waals surface area contributed by atoms with Crippen LogP contribution in [0.4, 0.5) is 0 Å². The molecule has 0 aliphatic rings. The van der Waals surface area contributed by atoms with Gasteiger partial charge < -0.3 is 4.52 Å². The van der Waals surface area contributed by atoms with Crippen LogP contribution in [0.15, 0.2) is 10.8 Å². The van der Waals surface area contributed by atoms with Gasteiger partial charge in [-0.3, -0.25) is 9.05 Å². The second-order valence-corrected chi connectivity index (χ2v) is 8.80. The Morgan fingerprint density at radius 3 is 2.15 bits per heavy atom. The largest absolute Gasteiger partial charge is 0.530 e. The predicted molar refractivity (Wildman–Crippen MR) is 84.8 cm³/mol. The van der Waals surface area contributed by atoms with E-state index in [0.29, 0.717) is 6.42 Å². The van der Waals surface area contributed by atoms with Crippen molar-refractivity contribution in [3.8, 4) is 0 Å². The minimum absolute atomic E-state index is 0.130. The Bertz CT molecular complexity index is 380. The smallest absolute Gasteiger partial charge is 0.409 e. The fraction of sp³-hybridized carbons (Fsp3) is 0.800. The molecule has 0 saturated carbocycles. The quantitative estimate of drug-likeness (QED) is 0.266.